The van der Waals surface area contributed by atoms with Crippen molar-refractivity contribution >= 4 is 0 Å². The van der Waals surface area contributed by atoms with Gasteiger partial charge in [-0.25, -0.2) is 0 Å². The van der Waals surface area contributed by atoms with Gasteiger partial charge in [0.2, 0.25) is 0 Å². The first-order chi connectivity index (χ1) is 6.25. The fourth-order valence-corrected chi connectivity index (χ4v) is 2.97. The molecular formula is C11H22N2. The van der Waals surface area contributed by atoms with E-state index in [1.54, 1.807) is 0 Å². The van der Waals surface area contributed by atoms with Crippen LogP contribution in [0.25, 0.3) is 0 Å². The molecule has 13 heavy (non-hydrogen) atoms. The first kappa shape index (κ1) is 9.47. The Morgan fingerprint density at radius 1 is 1.00 bits per heavy atom. The highest BCUT2D eigenvalue weighted by molar-refractivity contribution is 4.84. The van der Waals surface area contributed by atoms with E-state index in [2.05, 4.69) is 11.9 Å². The average molecular weight is 182 g/mol. The van der Waals surface area contributed by atoms with Crippen molar-refractivity contribution in [3.05, 3.63) is 0 Å². The van der Waals surface area contributed by atoms with Crippen LogP contribution in [-0.2, 0) is 0 Å². The summed E-state index contributed by atoms with van der Waals surface area (Å²) in [6, 6.07) is 0.510. The lowest BCUT2D eigenvalue weighted by molar-refractivity contribution is 0.233. The standard InChI is InChI=1S/C11H22N2/c1-13-7-6-10(8-13)9-2-4-11(12)5-3-9/h9-11H,2-8,12H2,1H3. The predicted molar refractivity (Wildman–Crippen MR) is 55.5 cm³/mol. The largest absolute Gasteiger partial charge is 0.328 e. The average Bonchev–Trinajstić information content (AvgIpc) is 2.53. The van der Waals surface area contributed by atoms with Crippen molar-refractivity contribution in [1.29, 1.82) is 0 Å². The molecule has 0 spiro atoms. The molecule has 0 bridgehead atoms. The summed E-state index contributed by atoms with van der Waals surface area (Å²) in [7, 11) is 2.24. The first-order valence-corrected chi connectivity index (χ1v) is 5.70. The maximum absolute atomic E-state index is 5.91. The quantitative estimate of drug-likeness (QED) is 0.665. The lowest BCUT2D eigenvalue weighted by Gasteiger charge is -2.30. The second-order valence-corrected chi connectivity index (χ2v) is 4.99. The summed E-state index contributed by atoms with van der Waals surface area (Å²) in [6.45, 7) is 2.65. The molecule has 1 saturated heterocycles. The van der Waals surface area contributed by atoms with Crippen LogP contribution in [0.1, 0.15) is 32.1 Å². The molecule has 2 nitrogen and oxygen atoms in total. The van der Waals surface area contributed by atoms with Gasteiger partial charge in [-0.2, -0.15) is 0 Å². The molecule has 1 unspecified atom stereocenters. The highest BCUT2D eigenvalue weighted by atomic mass is 15.1. The van der Waals surface area contributed by atoms with Gasteiger partial charge in [-0.3, -0.25) is 0 Å². The Morgan fingerprint density at radius 2 is 1.69 bits per heavy atom. The summed E-state index contributed by atoms with van der Waals surface area (Å²) in [4.78, 5) is 2.47. The Bertz CT molecular complexity index is 161. The molecule has 2 fully saturated rings. The molecule has 1 aliphatic carbocycles. The van der Waals surface area contributed by atoms with Crippen LogP contribution in [0.5, 0.6) is 0 Å². The topological polar surface area (TPSA) is 29.3 Å². The van der Waals surface area contributed by atoms with Crippen LogP contribution in [0.15, 0.2) is 0 Å². The Labute approximate surface area is 81.5 Å². The molecule has 2 N–H and O–H groups in total. The molecule has 76 valence electrons. The minimum atomic E-state index is 0.510. The Balaban J connectivity index is 1.81. The van der Waals surface area contributed by atoms with Gasteiger partial charge in [0.15, 0.2) is 0 Å². The van der Waals surface area contributed by atoms with E-state index < -0.39 is 0 Å². The van der Waals surface area contributed by atoms with E-state index in [4.69, 9.17) is 5.73 Å². The zero-order valence-corrected chi connectivity index (χ0v) is 8.71. The van der Waals surface area contributed by atoms with Crippen LogP contribution < -0.4 is 5.73 Å². The third kappa shape index (κ3) is 2.23. The van der Waals surface area contributed by atoms with Crippen LogP contribution >= 0.6 is 0 Å². The molecule has 1 atom stereocenters. The van der Waals surface area contributed by atoms with E-state index >= 15 is 0 Å². The molecule has 1 aliphatic heterocycles. The summed E-state index contributed by atoms with van der Waals surface area (Å²) < 4.78 is 0. The minimum Gasteiger partial charge on any atom is -0.328 e. The van der Waals surface area contributed by atoms with Crippen molar-refractivity contribution in [1.82, 2.24) is 4.90 Å². The van der Waals surface area contributed by atoms with E-state index in [1.807, 2.05) is 0 Å². The van der Waals surface area contributed by atoms with Gasteiger partial charge in [-0.15, -0.1) is 0 Å². The normalized spacial score (nSPS) is 42.5. The fraction of sp³-hybridized carbons (Fsp3) is 1.00. The maximum Gasteiger partial charge on any atom is 0.00390 e. The van der Waals surface area contributed by atoms with E-state index in [0.717, 1.165) is 11.8 Å². The number of likely N-dealkylation sites (tertiary alicyclic amines) is 1. The first-order valence-electron chi connectivity index (χ1n) is 5.70. The van der Waals surface area contributed by atoms with Crippen molar-refractivity contribution in [2.75, 3.05) is 20.1 Å². The SMILES string of the molecule is CN1CCC(C2CCC(N)CC2)C1. The van der Waals surface area contributed by atoms with Gasteiger partial charge in [0.25, 0.3) is 0 Å². The highest BCUT2D eigenvalue weighted by Gasteiger charge is 2.30. The summed E-state index contributed by atoms with van der Waals surface area (Å²) >= 11 is 0. The number of nitrogens with zero attached hydrogens (tertiary/aromatic N) is 1. The third-order valence-electron chi connectivity index (χ3n) is 3.91. The molecule has 2 aliphatic rings. The molecule has 0 amide bonds. The summed E-state index contributed by atoms with van der Waals surface area (Å²) in [5.41, 5.74) is 5.91. The molecule has 0 aromatic carbocycles. The van der Waals surface area contributed by atoms with Gasteiger partial charge < -0.3 is 10.6 Å². The number of nitrogens with two attached hydrogens (primary N) is 1. The number of rotatable bonds is 1. The van der Waals surface area contributed by atoms with Gasteiger partial charge in [0.05, 0.1) is 0 Å². The van der Waals surface area contributed by atoms with Crippen molar-refractivity contribution < 1.29 is 0 Å². The van der Waals surface area contributed by atoms with Gasteiger partial charge in [0.1, 0.15) is 0 Å². The molecule has 0 radical (unpaired) electrons. The van der Waals surface area contributed by atoms with Crippen LogP contribution in [0, 0.1) is 11.8 Å². The lowest BCUT2D eigenvalue weighted by atomic mass is 9.78. The molecule has 1 saturated carbocycles. The number of hydrogen-bond donors (Lipinski definition) is 1. The van der Waals surface area contributed by atoms with E-state index in [-0.39, 0.29) is 0 Å². The summed E-state index contributed by atoms with van der Waals surface area (Å²) in [5, 5.41) is 0. The molecule has 0 aromatic heterocycles. The second kappa shape index (κ2) is 3.97. The highest BCUT2D eigenvalue weighted by Crippen LogP contribution is 2.34. The van der Waals surface area contributed by atoms with Crippen LogP contribution in [0.4, 0.5) is 0 Å². The summed E-state index contributed by atoms with van der Waals surface area (Å²) in [5.74, 6) is 1.97. The molecule has 2 heteroatoms. The Morgan fingerprint density at radius 3 is 2.23 bits per heavy atom. The van der Waals surface area contributed by atoms with Crippen molar-refractivity contribution in [3.8, 4) is 0 Å². The van der Waals surface area contributed by atoms with Gasteiger partial charge >= 0.3 is 0 Å². The molecule has 2 rings (SSSR count). The predicted octanol–water partition coefficient (Wildman–Crippen LogP) is 1.46. The van der Waals surface area contributed by atoms with Crippen molar-refractivity contribution in [2.45, 2.75) is 38.1 Å². The van der Waals surface area contributed by atoms with Gasteiger partial charge in [-0.1, -0.05) is 0 Å². The minimum absolute atomic E-state index is 0.510. The number of hydrogen-bond acceptors (Lipinski definition) is 2. The second-order valence-electron chi connectivity index (χ2n) is 4.99. The van der Waals surface area contributed by atoms with Gasteiger partial charge in [-0.05, 0) is 57.5 Å². The molecule has 1 heterocycles. The monoisotopic (exact) mass is 182 g/mol. The van der Waals surface area contributed by atoms with Crippen LogP contribution in [0.3, 0.4) is 0 Å². The van der Waals surface area contributed by atoms with Gasteiger partial charge in [0, 0.05) is 12.6 Å². The van der Waals surface area contributed by atoms with Crippen molar-refractivity contribution in [3.63, 3.8) is 0 Å². The smallest absolute Gasteiger partial charge is 0.00390 e. The summed E-state index contributed by atoms with van der Waals surface area (Å²) in [6.07, 6.45) is 6.74. The Kier molecular flexibility index (Phi) is 2.89. The molecular weight excluding hydrogens is 160 g/mol. The van der Waals surface area contributed by atoms with Crippen LogP contribution in [-0.4, -0.2) is 31.1 Å². The third-order valence-corrected chi connectivity index (χ3v) is 3.91. The van der Waals surface area contributed by atoms with E-state index in [9.17, 15) is 0 Å². The lowest BCUT2D eigenvalue weighted by Crippen LogP contribution is -2.30. The maximum atomic E-state index is 5.91. The zero-order chi connectivity index (χ0) is 9.26. The van der Waals surface area contributed by atoms with E-state index in [1.165, 1.54) is 45.2 Å². The molecule has 0 aromatic rings. The van der Waals surface area contributed by atoms with Crippen molar-refractivity contribution in [2.24, 2.45) is 17.6 Å². The Hall–Kier alpha value is -0.0800. The zero-order valence-electron chi connectivity index (χ0n) is 8.71. The fourth-order valence-electron chi connectivity index (χ4n) is 2.97. The van der Waals surface area contributed by atoms with Crippen LogP contribution in [0.2, 0.25) is 0 Å². The van der Waals surface area contributed by atoms with E-state index in [0.29, 0.717) is 6.04 Å².